The van der Waals surface area contributed by atoms with E-state index >= 15 is 0 Å². The van der Waals surface area contributed by atoms with Gasteiger partial charge in [0, 0.05) is 30.1 Å². The van der Waals surface area contributed by atoms with Crippen LogP contribution < -0.4 is 5.32 Å². The Labute approximate surface area is 206 Å². The van der Waals surface area contributed by atoms with Gasteiger partial charge in [0.1, 0.15) is 5.75 Å². The topological polar surface area (TPSA) is 65.5 Å². The Balaban J connectivity index is 1.51. The maximum Gasteiger partial charge on any atom is 0.169 e. The lowest BCUT2D eigenvalue weighted by molar-refractivity contribution is 0.0968. The third-order valence-corrected chi connectivity index (χ3v) is 7.48. The Hall–Kier alpha value is -2.63. The Morgan fingerprint density at radius 1 is 1.06 bits per heavy atom. The predicted octanol–water partition coefficient (Wildman–Crippen LogP) is 6.39. The number of aromatic nitrogens is 1. The number of carbonyl (C=O) groups excluding carboxylic acids is 1. The zero-order valence-electron chi connectivity index (χ0n) is 19.9. The van der Waals surface area contributed by atoms with Crippen LogP contribution in [0.1, 0.15) is 48.9 Å². The summed E-state index contributed by atoms with van der Waals surface area (Å²) >= 11 is 6.17. The first kappa shape index (κ1) is 23.1. The number of phenolic OH excluding ortho intramolecular Hbond substituents is 1. The number of ketones is 1. The number of fused-ring (bicyclic) bond motifs is 1. The van der Waals surface area contributed by atoms with Crippen molar-refractivity contribution < 1.29 is 9.90 Å². The summed E-state index contributed by atoms with van der Waals surface area (Å²) < 4.78 is 0. The van der Waals surface area contributed by atoms with Gasteiger partial charge in [0.15, 0.2) is 5.78 Å². The molecule has 0 bridgehead atoms. The summed E-state index contributed by atoms with van der Waals surface area (Å²) in [5.41, 5.74) is 4.39. The average Bonchev–Trinajstić information content (AvgIpc) is 3.67. The number of pyridine rings is 1. The standard InChI is InChI=1S/C28H32ClN3O2/c1-32(2)16-17-3-9-21(10-4-17)31-27-22-13-19(20-8-12-26(33)24(29)14-20)7-11-25(22)30-15-23(27)28(34)18-5-6-18/h7-8,11-15,17-18,21,33H,3-6,9-10,16H2,1-2H3,(H,30,31). The third kappa shape index (κ3) is 4.91. The fourth-order valence-corrected chi connectivity index (χ4v) is 5.36. The van der Waals surface area contributed by atoms with Gasteiger partial charge in [-0.25, -0.2) is 0 Å². The number of nitrogens with zero attached hydrogens (tertiary/aromatic N) is 2. The molecule has 0 amide bonds. The van der Waals surface area contributed by atoms with E-state index in [4.69, 9.17) is 11.6 Å². The molecule has 178 valence electrons. The van der Waals surface area contributed by atoms with Gasteiger partial charge in [-0.1, -0.05) is 23.7 Å². The second-order valence-corrected chi connectivity index (χ2v) is 10.6. The highest BCUT2D eigenvalue weighted by atomic mass is 35.5. The highest BCUT2D eigenvalue weighted by Gasteiger charge is 2.33. The van der Waals surface area contributed by atoms with Crippen LogP contribution in [0.5, 0.6) is 5.75 Å². The molecule has 0 radical (unpaired) electrons. The molecule has 2 aliphatic rings. The molecule has 2 fully saturated rings. The summed E-state index contributed by atoms with van der Waals surface area (Å²) in [5.74, 6) is 1.14. The van der Waals surface area contributed by atoms with Crippen molar-refractivity contribution >= 4 is 34.0 Å². The number of rotatable bonds is 7. The van der Waals surface area contributed by atoms with Gasteiger partial charge in [0.25, 0.3) is 0 Å². The lowest BCUT2D eigenvalue weighted by Crippen LogP contribution is -2.31. The predicted molar refractivity (Wildman–Crippen MR) is 139 cm³/mol. The van der Waals surface area contributed by atoms with Crippen molar-refractivity contribution in [3.05, 3.63) is 53.2 Å². The molecule has 0 saturated heterocycles. The van der Waals surface area contributed by atoms with Crippen molar-refractivity contribution in [1.82, 2.24) is 9.88 Å². The molecule has 5 nitrogen and oxygen atoms in total. The van der Waals surface area contributed by atoms with Gasteiger partial charge in [-0.15, -0.1) is 0 Å². The van der Waals surface area contributed by atoms with E-state index < -0.39 is 0 Å². The first-order valence-corrected chi connectivity index (χ1v) is 12.6. The zero-order valence-corrected chi connectivity index (χ0v) is 20.6. The molecule has 0 spiro atoms. The Morgan fingerprint density at radius 2 is 1.76 bits per heavy atom. The Kier molecular flexibility index (Phi) is 6.50. The van der Waals surface area contributed by atoms with E-state index in [0.29, 0.717) is 16.6 Å². The molecule has 2 N–H and O–H groups in total. The molecular formula is C28H32ClN3O2. The number of phenols is 1. The van der Waals surface area contributed by atoms with E-state index in [1.165, 1.54) is 12.8 Å². The lowest BCUT2D eigenvalue weighted by atomic mass is 9.85. The number of Topliss-reactive ketones (excluding diaryl/α,β-unsaturated/α-hetero) is 1. The van der Waals surface area contributed by atoms with Crippen molar-refractivity contribution in [1.29, 1.82) is 0 Å². The average molecular weight is 478 g/mol. The number of anilines is 1. The largest absolute Gasteiger partial charge is 0.506 e. The van der Waals surface area contributed by atoms with Crippen LogP contribution in [0.15, 0.2) is 42.6 Å². The van der Waals surface area contributed by atoms with E-state index in [1.54, 1.807) is 18.3 Å². The molecule has 0 atom stereocenters. The molecule has 0 unspecified atom stereocenters. The van der Waals surface area contributed by atoms with Gasteiger partial charge in [-0.3, -0.25) is 9.78 Å². The van der Waals surface area contributed by atoms with E-state index in [-0.39, 0.29) is 17.5 Å². The second-order valence-electron chi connectivity index (χ2n) is 10.2. The highest BCUT2D eigenvalue weighted by molar-refractivity contribution is 6.32. The number of hydrogen-bond acceptors (Lipinski definition) is 5. The summed E-state index contributed by atoms with van der Waals surface area (Å²) in [7, 11) is 4.28. The Morgan fingerprint density at radius 3 is 2.44 bits per heavy atom. The number of carbonyl (C=O) groups is 1. The van der Waals surface area contributed by atoms with E-state index in [9.17, 15) is 9.90 Å². The monoisotopic (exact) mass is 477 g/mol. The number of nitrogens with one attached hydrogen (secondary N) is 1. The van der Waals surface area contributed by atoms with Crippen LogP contribution in [0.3, 0.4) is 0 Å². The van der Waals surface area contributed by atoms with Crippen LogP contribution in [0, 0.1) is 11.8 Å². The summed E-state index contributed by atoms with van der Waals surface area (Å²) in [6.45, 7) is 1.13. The molecule has 1 aromatic heterocycles. The fraction of sp³-hybridized carbons (Fsp3) is 0.429. The Bertz CT molecular complexity index is 1210. The van der Waals surface area contributed by atoms with Crippen LogP contribution in [-0.4, -0.2) is 47.5 Å². The molecule has 6 heteroatoms. The van der Waals surface area contributed by atoms with Crippen LogP contribution in [0.2, 0.25) is 5.02 Å². The maximum atomic E-state index is 13.2. The van der Waals surface area contributed by atoms with Crippen LogP contribution in [0.4, 0.5) is 5.69 Å². The quantitative estimate of drug-likeness (QED) is 0.386. The van der Waals surface area contributed by atoms with Gasteiger partial charge in [-0.2, -0.15) is 0 Å². The summed E-state index contributed by atoms with van der Waals surface area (Å²) in [5, 5.41) is 14.9. The molecular weight excluding hydrogens is 446 g/mol. The molecule has 0 aliphatic heterocycles. The SMILES string of the molecule is CN(C)CC1CCC(Nc2c(C(=O)C3CC3)cnc3ccc(-c4ccc(O)c(Cl)c4)cc23)CC1. The molecule has 2 aliphatic carbocycles. The molecule has 1 heterocycles. The maximum absolute atomic E-state index is 13.2. The minimum Gasteiger partial charge on any atom is -0.506 e. The van der Waals surface area contributed by atoms with E-state index in [2.05, 4.69) is 35.4 Å². The minimum atomic E-state index is 0.0670. The summed E-state index contributed by atoms with van der Waals surface area (Å²) in [6.07, 6.45) is 8.30. The molecule has 34 heavy (non-hydrogen) atoms. The van der Waals surface area contributed by atoms with Crippen molar-refractivity contribution in [3.8, 4) is 16.9 Å². The smallest absolute Gasteiger partial charge is 0.169 e. The summed E-state index contributed by atoms with van der Waals surface area (Å²) in [6, 6.07) is 11.7. The second kappa shape index (κ2) is 9.55. The normalized spacial score (nSPS) is 20.6. The van der Waals surface area contributed by atoms with Crippen molar-refractivity contribution in [2.45, 2.75) is 44.6 Å². The fourth-order valence-electron chi connectivity index (χ4n) is 5.18. The molecule has 2 saturated carbocycles. The molecule has 3 aromatic rings. The first-order chi connectivity index (χ1) is 16.4. The van der Waals surface area contributed by atoms with Gasteiger partial charge in [0.05, 0.1) is 21.8 Å². The van der Waals surface area contributed by atoms with Gasteiger partial charge >= 0.3 is 0 Å². The minimum absolute atomic E-state index is 0.0670. The van der Waals surface area contributed by atoms with E-state index in [1.807, 2.05) is 18.2 Å². The number of halogens is 1. The molecule has 5 rings (SSSR count). The first-order valence-electron chi connectivity index (χ1n) is 12.3. The number of aromatic hydroxyl groups is 1. The lowest BCUT2D eigenvalue weighted by Gasteiger charge is -2.32. The third-order valence-electron chi connectivity index (χ3n) is 7.18. The highest BCUT2D eigenvalue weighted by Crippen LogP contribution is 2.39. The van der Waals surface area contributed by atoms with Crippen LogP contribution >= 0.6 is 11.6 Å². The van der Waals surface area contributed by atoms with E-state index in [0.717, 1.165) is 65.9 Å². The van der Waals surface area contributed by atoms with Crippen molar-refractivity contribution in [2.75, 3.05) is 26.0 Å². The summed E-state index contributed by atoms with van der Waals surface area (Å²) in [4.78, 5) is 20.1. The van der Waals surface area contributed by atoms with Crippen molar-refractivity contribution in [2.24, 2.45) is 11.8 Å². The van der Waals surface area contributed by atoms with Gasteiger partial charge in [0.2, 0.25) is 0 Å². The van der Waals surface area contributed by atoms with Crippen LogP contribution in [-0.2, 0) is 0 Å². The molecule has 2 aromatic carbocycles. The number of benzene rings is 2. The van der Waals surface area contributed by atoms with Crippen molar-refractivity contribution in [3.63, 3.8) is 0 Å². The zero-order chi connectivity index (χ0) is 23.8. The van der Waals surface area contributed by atoms with Gasteiger partial charge in [-0.05, 0) is 93.9 Å². The van der Waals surface area contributed by atoms with Gasteiger partial charge < -0.3 is 15.3 Å². The number of hydrogen-bond donors (Lipinski definition) is 2. The van der Waals surface area contributed by atoms with Crippen LogP contribution in [0.25, 0.3) is 22.0 Å².